The van der Waals surface area contributed by atoms with Crippen molar-refractivity contribution < 1.29 is 9.45 Å². The number of para-hydroxylation sites is 1. The molecule has 0 fully saturated rings. The minimum absolute atomic E-state index is 0.00509. The van der Waals surface area contributed by atoms with E-state index in [9.17, 15) is 15.4 Å². The lowest BCUT2D eigenvalue weighted by molar-refractivity contribution is -0.384. The van der Waals surface area contributed by atoms with Crippen molar-refractivity contribution in [3.05, 3.63) is 69.3 Å². The van der Waals surface area contributed by atoms with E-state index in [0.29, 0.717) is 27.7 Å². The lowest BCUT2D eigenvalue weighted by Gasteiger charge is -1.99. The smallest absolute Gasteiger partial charge is 0.269 e. The summed E-state index contributed by atoms with van der Waals surface area (Å²) in [4.78, 5) is 15.7. The van der Waals surface area contributed by atoms with Crippen LogP contribution in [0.25, 0.3) is 27.2 Å². The molecule has 0 aliphatic heterocycles. The second kappa shape index (κ2) is 7.25. The van der Waals surface area contributed by atoms with Crippen LogP contribution in [-0.2, 0) is 6.42 Å². The van der Waals surface area contributed by atoms with Crippen molar-refractivity contribution in [3.8, 4) is 16.7 Å². The molecule has 0 atom stereocenters. The third kappa shape index (κ3) is 3.08. The molecule has 0 radical (unpaired) electrons. The third-order valence-electron chi connectivity index (χ3n) is 4.47. The van der Waals surface area contributed by atoms with E-state index in [4.69, 9.17) is 4.52 Å². The van der Waals surface area contributed by atoms with E-state index in [2.05, 4.69) is 20.6 Å². The Hall–Kier alpha value is -3.75. The summed E-state index contributed by atoms with van der Waals surface area (Å²) in [6.07, 6.45) is 0.481. The molecule has 5 rings (SSSR count). The van der Waals surface area contributed by atoms with E-state index in [1.54, 1.807) is 16.6 Å². The average molecular weight is 434 g/mol. The van der Waals surface area contributed by atoms with Crippen LogP contribution in [0.5, 0.6) is 0 Å². The Morgan fingerprint density at radius 3 is 2.80 bits per heavy atom. The number of nitro benzene ring substituents is 1. The van der Waals surface area contributed by atoms with Crippen LogP contribution in [0, 0.1) is 20.8 Å². The zero-order valence-electron chi connectivity index (χ0n) is 15.1. The van der Waals surface area contributed by atoms with Crippen LogP contribution in [0.1, 0.15) is 10.7 Å². The number of hydrogen-bond acceptors (Lipinski definition) is 9. The minimum Gasteiger partial charge on any atom is -0.356 e. The highest BCUT2D eigenvalue weighted by Crippen LogP contribution is 2.34. The third-order valence-corrected chi connectivity index (χ3v) is 6.03. The Kier molecular flexibility index (Phi) is 4.42. The molecule has 2 aromatic carbocycles. The largest absolute Gasteiger partial charge is 0.356 e. The molecule has 9 nitrogen and oxygen atoms in total. The number of benzene rings is 2. The number of thioether (sulfide) groups is 1. The number of non-ortho nitro benzene ring substituents is 1. The number of nitrogens with zero attached hydrogens (tertiary/aromatic N) is 6. The molecular weight excluding hydrogens is 424 g/mol. The van der Waals surface area contributed by atoms with Gasteiger partial charge in [0, 0.05) is 41.3 Å². The number of nitriles is 1. The second-order valence-electron chi connectivity index (χ2n) is 6.26. The van der Waals surface area contributed by atoms with Gasteiger partial charge in [0.05, 0.1) is 10.6 Å². The molecule has 3 heterocycles. The van der Waals surface area contributed by atoms with E-state index in [1.807, 2.05) is 24.3 Å². The summed E-state index contributed by atoms with van der Waals surface area (Å²) >= 11 is 2.35. The fourth-order valence-corrected chi connectivity index (χ4v) is 4.63. The van der Waals surface area contributed by atoms with Gasteiger partial charge in [-0.05, 0) is 24.3 Å². The maximum Gasteiger partial charge on any atom is 0.269 e. The molecule has 0 saturated heterocycles. The Morgan fingerprint density at radius 2 is 2.03 bits per heavy atom. The van der Waals surface area contributed by atoms with Crippen molar-refractivity contribution >= 4 is 44.7 Å². The van der Waals surface area contributed by atoms with Crippen LogP contribution in [0.2, 0.25) is 0 Å². The fraction of sp³-hybridized carbons (Fsp3) is 0.0526. The predicted molar refractivity (Wildman–Crippen MR) is 111 cm³/mol. The quantitative estimate of drug-likeness (QED) is 0.169. The Morgan fingerprint density at radius 1 is 1.23 bits per heavy atom. The average Bonchev–Trinajstić information content (AvgIpc) is 3.43. The molecule has 0 aliphatic carbocycles. The van der Waals surface area contributed by atoms with Gasteiger partial charge in [-0.25, -0.2) is 4.98 Å². The highest BCUT2D eigenvalue weighted by molar-refractivity contribution is 8.03. The topological polar surface area (TPSA) is 123 Å². The van der Waals surface area contributed by atoms with Gasteiger partial charge in [0.2, 0.25) is 4.96 Å². The summed E-state index contributed by atoms with van der Waals surface area (Å²) in [6.45, 7) is 0. The first-order chi connectivity index (χ1) is 14.6. The molecule has 5 aromatic rings. The van der Waals surface area contributed by atoms with Crippen LogP contribution < -0.4 is 0 Å². The van der Waals surface area contributed by atoms with Crippen LogP contribution in [0.3, 0.4) is 0 Å². The molecule has 0 aliphatic rings. The van der Waals surface area contributed by atoms with Crippen LogP contribution >= 0.6 is 23.1 Å². The minimum atomic E-state index is -0.456. The summed E-state index contributed by atoms with van der Waals surface area (Å²) in [5, 5.41) is 33.2. The summed E-state index contributed by atoms with van der Waals surface area (Å²) in [5.74, 6) is 0. The van der Waals surface area contributed by atoms with Crippen molar-refractivity contribution in [2.24, 2.45) is 0 Å². The maximum absolute atomic E-state index is 10.9. The second-order valence-corrected chi connectivity index (χ2v) is 8.07. The van der Waals surface area contributed by atoms with E-state index >= 15 is 0 Å². The molecule has 0 amide bonds. The van der Waals surface area contributed by atoms with Crippen LogP contribution in [0.15, 0.2) is 58.1 Å². The monoisotopic (exact) mass is 434 g/mol. The lowest BCUT2D eigenvalue weighted by atomic mass is 10.1. The number of fused-ring (bicyclic) bond motifs is 2. The number of aromatic nitrogens is 4. The van der Waals surface area contributed by atoms with Crippen molar-refractivity contribution in [2.45, 2.75) is 11.4 Å². The normalized spacial score (nSPS) is 11.2. The van der Waals surface area contributed by atoms with Gasteiger partial charge in [0.15, 0.2) is 5.58 Å². The van der Waals surface area contributed by atoms with E-state index < -0.39 is 4.92 Å². The van der Waals surface area contributed by atoms with Crippen LogP contribution in [0.4, 0.5) is 5.69 Å². The van der Waals surface area contributed by atoms with E-state index in [0.717, 1.165) is 33.4 Å². The SMILES string of the molecule is N#CSc1c(-c2ccc([N+](=O)[O-])cc2)nc2sc(Cc3noc4ccccc34)nn12. The molecule has 0 spiro atoms. The van der Waals surface area contributed by atoms with Gasteiger partial charge in [0.1, 0.15) is 21.1 Å². The molecule has 0 N–H and O–H groups in total. The van der Waals surface area contributed by atoms with Gasteiger partial charge in [0.25, 0.3) is 5.69 Å². The predicted octanol–water partition coefficient (Wildman–Crippen LogP) is 4.67. The standard InChI is InChI=1S/C19H10N6O3S2/c20-10-29-18-17(11-5-7-12(8-6-11)25(26)27)21-19-24(18)22-16(30-19)9-14-13-3-1-2-4-15(13)28-23-14/h1-8H,9H2. The lowest BCUT2D eigenvalue weighted by Crippen LogP contribution is -1.93. The maximum atomic E-state index is 10.9. The van der Waals surface area contributed by atoms with Crippen molar-refractivity contribution in [1.82, 2.24) is 19.8 Å². The summed E-state index contributed by atoms with van der Waals surface area (Å²) < 4.78 is 6.98. The van der Waals surface area contributed by atoms with Gasteiger partial charge >= 0.3 is 0 Å². The highest BCUT2D eigenvalue weighted by atomic mass is 32.2. The number of thiocyanates is 1. The van der Waals surface area contributed by atoms with E-state index in [-0.39, 0.29) is 5.69 Å². The molecule has 0 bridgehead atoms. The molecular formula is C19H10N6O3S2. The first-order valence-electron chi connectivity index (χ1n) is 8.66. The van der Waals surface area contributed by atoms with Crippen molar-refractivity contribution in [1.29, 1.82) is 5.26 Å². The highest BCUT2D eigenvalue weighted by Gasteiger charge is 2.20. The molecule has 146 valence electrons. The summed E-state index contributed by atoms with van der Waals surface area (Å²) in [6, 6.07) is 13.7. The van der Waals surface area contributed by atoms with Crippen molar-refractivity contribution in [2.75, 3.05) is 0 Å². The first kappa shape index (κ1) is 18.3. The Labute approximate surface area is 176 Å². The fourth-order valence-electron chi connectivity index (χ4n) is 3.11. The molecule has 0 saturated carbocycles. The molecule has 0 unspecified atom stereocenters. The van der Waals surface area contributed by atoms with Gasteiger partial charge in [-0.1, -0.05) is 28.6 Å². The zero-order chi connectivity index (χ0) is 20.7. The zero-order valence-corrected chi connectivity index (χ0v) is 16.7. The van der Waals surface area contributed by atoms with E-state index in [1.165, 1.54) is 23.5 Å². The molecule has 3 aromatic heterocycles. The molecule has 11 heteroatoms. The molecule has 30 heavy (non-hydrogen) atoms. The number of hydrogen-bond donors (Lipinski definition) is 0. The van der Waals surface area contributed by atoms with Crippen molar-refractivity contribution in [3.63, 3.8) is 0 Å². The van der Waals surface area contributed by atoms with Gasteiger partial charge < -0.3 is 4.52 Å². The Bertz CT molecular complexity index is 1450. The summed E-state index contributed by atoms with van der Waals surface area (Å²) in [7, 11) is 0. The first-order valence-corrected chi connectivity index (χ1v) is 10.3. The Balaban J connectivity index is 1.53. The van der Waals surface area contributed by atoms with Gasteiger partial charge in [-0.3, -0.25) is 10.1 Å². The number of imidazole rings is 1. The van der Waals surface area contributed by atoms with Gasteiger partial charge in [-0.2, -0.15) is 14.9 Å². The van der Waals surface area contributed by atoms with Crippen LogP contribution in [-0.4, -0.2) is 24.7 Å². The summed E-state index contributed by atoms with van der Waals surface area (Å²) in [5.41, 5.74) is 2.74. The number of nitro groups is 1. The van der Waals surface area contributed by atoms with Gasteiger partial charge in [-0.15, -0.1) is 0 Å². The number of rotatable bonds is 5.